The van der Waals surface area contributed by atoms with Crippen LogP contribution in [0, 0.1) is 17.8 Å². The van der Waals surface area contributed by atoms with Gasteiger partial charge in [0.2, 0.25) is 17.7 Å². The summed E-state index contributed by atoms with van der Waals surface area (Å²) in [5, 5.41) is 23.0. The van der Waals surface area contributed by atoms with Crippen LogP contribution in [0.1, 0.15) is 97.2 Å². The maximum absolute atomic E-state index is 14.1. The van der Waals surface area contributed by atoms with Crippen LogP contribution in [0.5, 0.6) is 0 Å². The molecule has 1 aliphatic rings. The lowest BCUT2D eigenvalue weighted by atomic mass is 9.81. The molecule has 1 aliphatic carbocycles. The normalized spacial score (nSPS) is 16.9. The summed E-state index contributed by atoms with van der Waals surface area (Å²) in [5.41, 5.74) is 0.665. The molecule has 1 aromatic carbocycles. The third-order valence-electron chi connectivity index (χ3n) is 8.91. The van der Waals surface area contributed by atoms with Crippen LogP contribution < -0.4 is 21.3 Å². The Kier molecular flexibility index (Phi) is 15.6. The number of amides is 4. The summed E-state index contributed by atoms with van der Waals surface area (Å²) in [5.74, 6) is -1.01. The summed E-state index contributed by atoms with van der Waals surface area (Å²) < 4.78 is 5.45. The number of hydrogen-bond donors (Lipinski definition) is 6. The SMILES string of the molecule is CNC(=O)[C@@H](CC(C)C)C[C@H](O)[C@H](CC1CCCCC1)NC(=O)[C@H](Cc1cnc[nH]1)NC(=O)[C@H](Cc1ccccc1)NC(=O)OC(C)(C)C. The molecule has 272 valence electrons. The van der Waals surface area contributed by atoms with Gasteiger partial charge in [0.15, 0.2) is 0 Å². The number of hydrogen-bond acceptors (Lipinski definition) is 7. The monoisotopic (exact) mass is 682 g/mol. The molecular formula is C37H58N6O6. The summed E-state index contributed by atoms with van der Waals surface area (Å²) in [6.07, 6.45) is 8.38. The Hall–Kier alpha value is -3.93. The largest absolute Gasteiger partial charge is 0.444 e. The summed E-state index contributed by atoms with van der Waals surface area (Å²) in [6, 6.07) is 6.54. The van der Waals surface area contributed by atoms with E-state index < -0.39 is 53.7 Å². The Bertz CT molecular complexity index is 1310. The molecule has 4 amide bonds. The molecule has 3 rings (SSSR count). The van der Waals surface area contributed by atoms with E-state index in [9.17, 15) is 24.3 Å². The molecule has 12 nitrogen and oxygen atoms in total. The van der Waals surface area contributed by atoms with Crippen molar-refractivity contribution in [3.05, 3.63) is 54.1 Å². The Balaban J connectivity index is 1.86. The molecule has 0 bridgehead atoms. The van der Waals surface area contributed by atoms with Gasteiger partial charge in [-0.3, -0.25) is 14.4 Å². The molecule has 1 fully saturated rings. The molecule has 0 radical (unpaired) electrons. The van der Waals surface area contributed by atoms with E-state index in [1.807, 2.05) is 44.2 Å². The summed E-state index contributed by atoms with van der Waals surface area (Å²) >= 11 is 0. The highest BCUT2D eigenvalue weighted by Crippen LogP contribution is 2.29. The van der Waals surface area contributed by atoms with Gasteiger partial charge >= 0.3 is 6.09 Å². The highest BCUT2D eigenvalue weighted by atomic mass is 16.6. The maximum atomic E-state index is 14.1. The Morgan fingerprint density at radius 1 is 0.918 bits per heavy atom. The number of nitrogens with zero attached hydrogens (tertiary/aromatic N) is 1. The number of aromatic amines is 1. The minimum atomic E-state index is -1.06. The quantitative estimate of drug-likeness (QED) is 0.145. The molecule has 12 heteroatoms. The van der Waals surface area contributed by atoms with Gasteiger partial charge in [-0.15, -0.1) is 0 Å². The minimum absolute atomic E-state index is 0.0997. The molecule has 1 heterocycles. The van der Waals surface area contributed by atoms with E-state index in [0.29, 0.717) is 24.5 Å². The second-order valence-corrected chi connectivity index (χ2v) is 14.8. The smallest absolute Gasteiger partial charge is 0.408 e. The Morgan fingerprint density at radius 3 is 2.16 bits per heavy atom. The topological polar surface area (TPSA) is 175 Å². The first-order chi connectivity index (χ1) is 23.2. The first kappa shape index (κ1) is 39.5. The molecule has 1 aromatic heterocycles. The van der Waals surface area contributed by atoms with Gasteiger partial charge in [0.05, 0.1) is 18.5 Å². The van der Waals surface area contributed by atoms with Crippen LogP contribution in [0.3, 0.4) is 0 Å². The third kappa shape index (κ3) is 14.2. The lowest BCUT2D eigenvalue weighted by molar-refractivity contribution is -0.131. The van der Waals surface area contributed by atoms with E-state index in [2.05, 4.69) is 31.2 Å². The van der Waals surface area contributed by atoms with E-state index in [0.717, 1.165) is 31.2 Å². The molecule has 0 unspecified atom stereocenters. The average Bonchev–Trinajstić information content (AvgIpc) is 3.56. The molecule has 1 saturated carbocycles. The van der Waals surface area contributed by atoms with E-state index >= 15 is 0 Å². The zero-order valence-electron chi connectivity index (χ0n) is 30.1. The summed E-state index contributed by atoms with van der Waals surface area (Å²) in [6.45, 7) is 9.29. The van der Waals surface area contributed by atoms with Gasteiger partial charge in [0.1, 0.15) is 17.7 Å². The summed E-state index contributed by atoms with van der Waals surface area (Å²) in [7, 11) is 1.59. The lowest BCUT2D eigenvalue weighted by Crippen LogP contribution is -2.58. The van der Waals surface area contributed by atoms with Crippen molar-refractivity contribution >= 4 is 23.8 Å². The van der Waals surface area contributed by atoms with Gasteiger partial charge in [-0.2, -0.15) is 0 Å². The number of H-pyrrole nitrogens is 1. The van der Waals surface area contributed by atoms with E-state index in [-0.39, 0.29) is 31.1 Å². The number of alkyl carbamates (subject to hydrolysis) is 1. The molecule has 0 aliphatic heterocycles. The fourth-order valence-corrected chi connectivity index (χ4v) is 6.52. The van der Waals surface area contributed by atoms with Gasteiger partial charge < -0.3 is 36.1 Å². The number of imidazole rings is 1. The fourth-order valence-electron chi connectivity index (χ4n) is 6.52. The van der Waals surface area contributed by atoms with Crippen molar-refractivity contribution < 1.29 is 29.0 Å². The number of aliphatic hydroxyl groups excluding tert-OH is 1. The highest BCUT2D eigenvalue weighted by molar-refractivity contribution is 5.91. The standard InChI is InChI=1S/C37H58N6O6/c1-24(2)17-27(33(45)38-6)20-32(44)29(18-25-13-9-7-10-14-25)41-35(47)31(21-28-22-39-23-40-28)42-34(46)30(19-26-15-11-8-12-16-26)43-36(48)49-37(3,4)5/h8,11-12,15-16,22-25,27,29-32,44H,7,9-10,13-14,17-21H2,1-6H3,(H,38,45)(H,39,40)(H,41,47)(H,42,46)(H,43,48)/t27-,29-,30-,31-,32-/m0/s1. The van der Waals surface area contributed by atoms with Crippen molar-refractivity contribution in [1.82, 2.24) is 31.2 Å². The van der Waals surface area contributed by atoms with E-state index in [1.54, 1.807) is 34.0 Å². The van der Waals surface area contributed by atoms with Crippen molar-refractivity contribution in [3.63, 3.8) is 0 Å². The molecule has 0 saturated heterocycles. The van der Waals surface area contributed by atoms with Crippen LogP contribution in [0.4, 0.5) is 4.79 Å². The van der Waals surface area contributed by atoms with Crippen molar-refractivity contribution in [1.29, 1.82) is 0 Å². The van der Waals surface area contributed by atoms with Crippen LogP contribution in [0.25, 0.3) is 0 Å². The predicted molar refractivity (Wildman–Crippen MR) is 188 cm³/mol. The van der Waals surface area contributed by atoms with Crippen molar-refractivity contribution in [2.24, 2.45) is 17.8 Å². The van der Waals surface area contributed by atoms with Crippen LogP contribution in [0.15, 0.2) is 42.9 Å². The van der Waals surface area contributed by atoms with Crippen LogP contribution in [-0.4, -0.2) is 75.8 Å². The maximum Gasteiger partial charge on any atom is 0.408 e. The van der Waals surface area contributed by atoms with E-state index in [4.69, 9.17) is 4.74 Å². The highest BCUT2D eigenvalue weighted by Gasteiger charge is 2.34. The number of aromatic nitrogens is 2. The van der Waals surface area contributed by atoms with Crippen LogP contribution in [0.2, 0.25) is 0 Å². The number of carbonyl (C=O) groups is 4. The van der Waals surface area contributed by atoms with Gasteiger partial charge in [0.25, 0.3) is 0 Å². The molecule has 5 atom stereocenters. The van der Waals surface area contributed by atoms with Gasteiger partial charge in [0, 0.05) is 37.7 Å². The first-order valence-corrected chi connectivity index (χ1v) is 17.7. The van der Waals surface area contributed by atoms with Crippen molar-refractivity contribution in [3.8, 4) is 0 Å². The van der Waals surface area contributed by atoms with Crippen molar-refractivity contribution in [2.45, 2.75) is 129 Å². The van der Waals surface area contributed by atoms with Crippen molar-refractivity contribution in [2.75, 3.05) is 7.05 Å². The first-order valence-electron chi connectivity index (χ1n) is 17.7. The molecule has 49 heavy (non-hydrogen) atoms. The number of benzene rings is 1. The number of ether oxygens (including phenoxy) is 1. The summed E-state index contributed by atoms with van der Waals surface area (Å²) in [4.78, 5) is 60.7. The van der Waals surface area contributed by atoms with Gasteiger partial charge in [-0.25, -0.2) is 9.78 Å². The van der Waals surface area contributed by atoms with Crippen LogP contribution >= 0.6 is 0 Å². The molecule has 6 N–H and O–H groups in total. The number of aliphatic hydroxyl groups is 1. The lowest BCUT2D eigenvalue weighted by Gasteiger charge is -2.33. The Morgan fingerprint density at radius 2 is 1.57 bits per heavy atom. The van der Waals surface area contributed by atoms with Gasteiger partial charge in [-0.1, -0.05) is 76.3 Å². The Labute approximate surface area is 291 Å². The zero-order chi connectivity index (χ0) is 36.0. The van der Waals surface area contributed by atoms with Crippen LogP contribution in [-0.2, 0) is 32.0 Å². The minimum Gasteiger partial charge on any atom is -0.444 e. The van der Waals surface area contributed by atoms with E-state index in [1.165, 1.54) is 12.7 Å². The molecule has 0 spiro atoms. The predicted octanol–water partition coefficient (Wildman–Crippen LogP) is 4.19. The fraction of sp³-hybridized carbons (Fsp3) is 0.649. The second kappa shape index (κ2) is 19.3. The number of nitrogens with one attached hydrogen (secondary N) is 5. The number of carbonyl (C=O) groups excluding carboxylic acids is 4. The third-order valence-corrected chi connectivity index (χ3v) is 8.91. The van der Waals surface area contributed by atoms with Gasteiger partial charge in [-0.05, 0) is 57.4 Å². The number of rotatable bonds is 17. The average molecular weight is 683 g/mol. The molecular weight excluding hydrogens is 624 g/mol. The zero-order valence-corrected chi connectivity index (χ0v) is 30.1. The second-order valence-electron chi connectivity index (χ2n) is 14.8. The molecule has 2 aromatic rings.